The maximum atomic E-state index is 10.9. The molecule has 0 saturated carbocycles. The molecule has 0 saturated heterocycles. The van der Waals surface area contributed by atoms with Gasteiger partial charge in [0, 0.05) is 0 Å². The molecule has 15 heavy (non-hydrogen) atoms. The van der Waals surface area contributed by atoms with Crippen LogP contribution in [0.5, 0.6) is 0 Å². The fraction of sp³-hybridized carbons (Fsp3) is 0.111. The van der Waals surface area contributed by atoms with Crippen LogP contribution in [0.4, 0.5) is 0 Å². The number of amides is 1. The first-order valence-corrected chi connectivity index (χ1v) is 4.22. The average molecular weight is 204 g/mol. The van der Waals surface area contributed by atoms with Gasteiger partial charge in [0.25, 0.3) is 5.91 Å². The van der Waals surface area contributed by atoms with E-state index in [0.29, 0.717) is 17.3 Å². The summed E-state index contributed by atoms with van der Waals surface area (Å²) in [5.74, 6) is -0.236. The lowest BCUT2D eigenvalue weighted by atomic mass is 10.3. The molecule has 0 radical (unpaired) electrons. The Balaban J connectivity index is 2.47. The Morgan fingerprint density at radius 2 is 2.27 bits per heavy atom. The SMILES string of the molecule is Cc1nc(-c2ncco2)cnc1C(N)=O. The first kappa shape index (κ1) is 9.32. The van der Waals surface area contributed by atoms with Crippen LogP contribution in [-0.2, 0) is 0 Å². The van der Waals surface area contributed by atoms with Crippen molar-refractivity contribution >= 4 is 5.91 Å². The molecule has 76 valence electrons. The van der Waals surface area contributed by atoms with E-state index < -0.39 is 5.91 Å². The predicted octanol–water partition coefficient (Wildman–Crippen LogP) is 0.539. The van der Waals surface area contributed by atoms with Gasteiger partial charge < -0.3 is 10.2 Å². The van der Waals surface area contributed by atoms with E-state index in [9.17, 15) is 4.79 Å². The number of rotatable bonds is 2. The molecule has 0 bridgehead atoms. The molecule has 0 aliphatic heterocycles. The molecule has 6 heteroatoms. The van der Waals surface area contributed by atoms with Gasteiger partial charge in [-0.3, -0.25) is 4.79 Å². The standard InChI is InChI=1S/C9H8N4O2/c1-5-7(8(10)14)12-4-6(13-5)9-11-2-3-15-9/h2-4H,1H3,(H2,10,14). The van der Waals surface area contributed by atoms with E-state index in [-0.39, 0.29) is 5.69 Å². The third-order valence-electron chi connectivity index (χ3n) is 1.83. The molecular formula is C9H8N4O2. The monoisotopic (exact) mass is 204 g/mol. The molecule has 2 N–H and O–H groups in total. The summed E-state index contributed by atoms with van der Waals surface area (Å²) in [6, 6.07) is 0. The highest BCUT2D eigenvalue weighted by atomic mass is 16.3. The Morgan fingerprint density at radius 3 is 2.80 bits per heavy atom. The van der Waals surface area contributed by atoms with Crippen LogP contribution in [0.15, 0.2) is 23.1 Å². The Labute approximate surface area is 85.2 Å². The van der Waals surface area contributed by atoms with Crippen molar-refractivity contribution in [3.63, 3.8) is 0 Å². The Bertz CT molecular complexity index is 493. The third-order valence-corrected chi connectivity index (χ3v) is 1.83. The zero-order valence-electron chi connectivity index (χ0n) is 7.97. The van der Waals surface area contributed by atoms with Crippen molar-refractivity contribution in [3.05, 3.63) is 30.0 Å². The van der Waals surface area contributed by atoms with Gasteiger partial charge in [-0.05, 0) is 6.92 Å². The van der Waals surface area contributed by atoms with Crippen molar-refractivity contribution in [1.82, 2.24) is 15.0 Å². The third kappa shape index (κ3) is 1.69. The minimum atomic E-state index is -0.598. The molecule has 2 rings (SSSR count). The van der Waals surface area contributed by atoms with E-state index in [4.69, 9.17) is 10.2 Å². The van der Waals surface area contributed by atoms with Gasteiger partial charge in [0.15, 0.2) is 0 Å². The molecule has 0 aliphatic carbocycles. The van der Waals surface area contributed by atoms with Crippen LogP contribution in [-0.4, -0.2) is 20.9 Å². The molecule has 1 amide bonds. The molecule has 0 spiro atoms. The van der Waals surface area contributed by atoms with Gasteiger partial charge in [-0.1, -0.05) is 0 Å². The van der Waals surface area contributed by atoms with Crippen LogP contribution in [0.1, 0.15) is 16.2 Å². The van der Waals surface area contributed by atoms with E-state index in [1.165, 1.54) is 18.7 Å². The summed E-state index contributed by atoms with van der Waals surface area (Å²) < 4.78 is 5.05. The van der Waals surface area contributed by atoms with E-state index >= 15 is 0 Å². The van der Waals surface area contributed by atoms with Gasteiger partial charge in [0.2, 0.25) is 5.89 Å². The highest BCUT2D eigenvalue weighted by Gasteiger charge is 2.11. The number of primary amides is 1. The molecular weight excluding hydrogens is 196 g/mol. The Kier molecular flexibility index (Phi) is 2.17. The summed E-state index contributed by atoms with van der Waals surface area (Å²) in [6.07, 6.45) is 4.35. The number of nitrogens with zero attached hydrogens (tertiary/aromatic N) is 3. The van der Waals surface area contributed by atoms with Crippen molar-refractivity contribution < 1.29 is 9.21 Å². The number of aryl methyl sites for hydroxylation is 1. The number of oxazole rings is 1. The number of hydrogen-bond acceptors (Lipinski definition) is 5. The summed E-state index contributed by atoms with van der Waals surface area (Å²) in [5.41, 5.74) is 6.19. The van der Waals surface area contributed by atoms with Crippen molar-refractivity contribution in [2.45, 2.75) is 6.92 Å². The first-order chi connectivity index (χ1) is 7.18. The van der Waals surface area contributed by atoms with E-state index in [0.717, 1.165) is 0 Å². The van der Waals surface area contributed by atoms with Crippen LogP contribution in [0.25, 0.3) is 11.6 Å². The average Bonchev–Trinajstić information content (AvgIpc) is 2.69. The van der Waals surface area contributed by atoms with Crippen LogP contribution >= 0.6 is 0 Å². The molecule has 2 aromatic rings. The lowest BCUT2D eigenvalue weighted by Gasteiger charge is -2.00. The highest BCUT2D eigenvalue weighted by molar-refractivity contribution is 5.91. The molecule has 2 aromatic heterocycles. The van der Waals surface area contributed by atoms with Crippen LogP contribution in [0, 0.1) is 6.92 Å². The van der Waals surface area contributed by atoms with Crippen molar-refractivity contribution in [2.75, 3.05) is 0 Å². The number of hydrogen-bond donors (Lipinski definition) is 1. The smallest absolute Gasteiger partial charge is 0.269 e. The van der Waals surface area contributed by atoms with Crippen LogP contribution in [0.2, 0.25) is 0 Å². The lowest BCUT2D eigenvalue weighted by molar-refractivity contribution is 0.0994. The number of carbonyl (C=O) groups excluding carboxylic acids is 1. The van der Waals surface area contributed by atoms with Crippen LogP contribution < -0.4 is 5.73 Å². The van der Waals surface area contributed by atoms with E-state index in [2.05, 4.69) is 15.0 Å². The second kappa shape index (κ2) is 3.49. The van der Waals surface area contributed by atoms with E-state index in [1.54, 1.807) is 6.92 Å². The van der Waals surface area contributed by atoms with Gasteiger partial charge in [-0.15, -0.1) is 0 Å². The zero-order chi connectivity index (χ0) is 10.8. The minimum absolute atomic E-state index is 0.158. The molecule has 6 nitrogen and oxygen atoms in total. The lowest BCUT2D eigenvalue weighted by Crippen LogP contribution is -2.15. The maximum absolute atomic E-state index is 10.9. The van der Waals surface area contributed by atoms with Gasteiger partial charge in [-0.25, -0.2) is 15.0 Å². The molecule has 0 atom stereocenters. The maximum Gasteiger partial charge on any atom is 0.269 e. The van der Waals surface area contributed by atoms with Gasteiger partial charge in [0.1, 0.15) is 17.7 Å². The van der Waals surface area contributed by atoms with Gasteiger partial charge >= 0.3 is 0 Å². The molecule has 0 unspecified atom stereocenters. The Morgan fingerprint density at radius 1 is 1.47 bits per heavy atom. The fourth-order valence-electron chi connectivity index (χ4n) is 1.18. The molecule has 0 aromatic carbocycles. The summed E-state index contributed by atoms with van der Waals surface area (Å²) in [7, 11) is 0. The zero-order valence-corrected chi connectivity index (χ0v) is 7.97. The van der Waals surface area contributed by atoms with Crippen molar-refractivity contribution in [2.24, 2.45) is 5.73 Å². The quantitative estimate of drug-likeness (QED) is 0.770. The molecule has 2 heterocycles. The molecule has 0 fully saturated rings. The number of aromatic nitrogens is 3. The normalized spacial score (nSPS) is 10.2. The summed E-state index contributed by atoms with van der Waals surface area (Å²) in [6.45, 7) is 1.65. The second-order valence-electron chi connectivity index (χ2n) is 2.89. The number of carbonyl (C=O) groups is 1. The van der Waals surface area contributed by atoms with Crippen molar-refractivity contribution in [1.29, 1.82) is 0 Å². The number of nitrogens with two attached hydrogens (primary N) is 1. The summed E-state index contributed by atoms with van der Waals surface area (Å²) in [4.78, 5) is 22.8. The first-order valence-electron chi connectivity index (χ1n) is 4.22. The van der Waals surface area contributed by atoms with Crippen molar-refractivity contribution in [3.8, 4) is 11.6 Å². The Hall–Kier alpha value is -2.24. The van der Waals surface area contributed by atoms with E-state index in [1.807, 2.05) is 0 Å². The largest absolute Gasteiger partial charge is 0.443 e. The van der Waals surface area contributed by atoms with Gasteiger partial charge in [-0.2, -0.15) is 0 Å². The predicted molar refractivity (Wildman–Crippen MR) is 50.8 cm³/mol. The minimum Gasteiger partial charge on any atom is -0.443 e. The summed E-state index contributed by atoms with van der Waals surface area (Å²) >= 11 is 0. The second-order valence-corrected chi connectivity index (χ2v) is 2.89. The van der Waals surface area contributed by atoms with Gasteiger partial charge in [0.05, 0.1) is 18.1 Å². The highest BCUT2D eigenvalue weighted by Crippen LogP contribution is 2.14. The molecule has 0 aliphatic rings. The van der Waals surface area contributed by atoms with Crippen LogP contribution in [0.3, 0.4) is 0 Å². The topological polar surface area (TPSA) is 94.9 Å². The summed E-state index contributed by atoms with van der Waals surface area (Å²) in [5, 5.41) is 0. The fourth-order valence-corrected chi connectivity index (χ4v) is 1.18.